The van der Waals surface area contributed by atoms with Crippen LogP contribution in [0.1, 0.15) is 18.9 Å². The van der Waals surface area contributed by atoms with Gasteiger partial charge in [0.05, 0.1) is 18.2 Å². The number of thiazole rings is 1. The lowest BCUT2D eigenvalue weighted by Gasteiger charge is -2.20. The van der Waals surface area contributed by atoms with Crippen LogP contribution >= 0.6 is 11.3 Å². The molecule has 1 aromatic heterocycles. The summed E-state index contributed by atoms with van der Waals surface area (Å²) in [5.41, 5.74) is 2.36. The summed E-state index contributed by atoms with van der Waals surface area (Å²) in [6, 6.07) is 15.6. The standard InChI is InChI=1S/C23H21FN2O3S/c1-15-11-19(15)22(28)29-13-21(27)26(12-16-5-3-2-4-6-16)23-25-20(14-30-23)17-7-9-18(24)10-8-17/h2-10,14-15,19H,11-13H2,1H3. The quantitative estimate of drug-likeness (QED) is 0.517. The van der Waals surface area contributed by atoms with Crippen molar-refractivity contribution in [1.29, 1.82) is 0 Å². The monoisotopic (exact) mass is 424 g/mol. The SMILES string of the molecule is CC1CC1C(=O)OCC(=O)N(Cc1ccccc1)c1nc(-c2ccc(F)cc2)cs1. The number of halogens is 1. The topological polar surface area (TPSA) is 59.5 Å². The lowest BCUT2D eigenvalue weighted by atomic mass is 10.2. The number of esters is 1. The van der Waals surface area contributed by atoms with E-state index in [2.05, 4.69) is 4.98 Å². The van der Waals surface area contributed by atoms with Gasteiger partial charge in [-0.2, -0.15) is 0 Å². The molecule has 1 amide bonds. The molecule has 0 N–H and O–H groups in total. The van der Waals surface area contributed by atoms with Crippen molar-refractivity contribution < 1.29 is 18.7 Å². The fourth-order valence-corrected chi connectivity index (χ4v) is 3.99. The van der Waals surface area contributed by atoms with Gasteiger partial charge in [0.2, 0.25) is 0 Å². The van der Waals surface area contributed by atoms with Crippen LogP contribution in [0.4, 0.5) is 9.52 Å². The van der Waals surface area contributed by atoms with E-state index >= 15 is 0 Å². The number of benzene rings is 2. The second-order valence-electron chi connectivity index (χ2n) is 7.41. The molecule has 0 radical (unpaired) electrons. The third-order valence-corrected chi connectivity index (χ3v) is 5.96. The summed E-state index contributed by atoms with van der Waals surface area (Å²) in [6.07, 6.45) is 0.814. The highest BCUT2D eigenvalue weighted by molar-refractivity contribution is 7.14. The van der Waals surface area contributed by atoms with Gasteiger partial charge in [-0.25, -0.2) is 9.37 Å². The molecular formula is C23H21FN2O3S. The van der Waals surface area contributed by atoms with Crippen LogP contribution in [0.15, 0.2) is 60.0 Å². The van der Waals surface area contributed by atoms with E-state index in [9.17, 15) is 14.0 Å². The lowest BCUT2D eigenvalue weighted by molar-refractivity contribution is -0.149. The third-order valence-electron chi connectivity index (χ3n) is 5.10. The van der Waals surface area contributed by atoms with Crippen LogP contribution in [-0.2, 0) is 20.9 Å². The van der Waals surface area contributed by atoms with Gasteiger partial charge >= 0.3 is 5.97 Å². The highest BCUT2D eigenvalue weighted by atomic mass is 32.1. The van der Waals surface area contributed by atoms with E-state index < -0.39 is 0 Å². The van der Waals surface area contributed by atoms with Crippen LogP contribution in [0.5, 0.6) is 0 Å². The molecule has 4 rings (SSSR count). The van der Waals surface area contributed by atoms with Gasteiger partial charge in [0, 0.05) is 10.9 Å². The van der Waals surface area contributed by atoms with Gasteiger partial charge in [-0.3, -0.25) is 14.5 Å². The first-order valence-electron chi connectivity index (χ1n) is 9.73. The molecule has 1 aliphatic carbocycles. The van der Waals surface area contributed by atoms with Gasteiger partial charge in [-0.15, -0.1) is 11.3 Å². The van der Waals surface area contributed by atoms with Crippen molar-refractivity contribution in [3.63, 3.8) is 0 Å². The van der Waals surface area contributed by atoms with E-state index in [-0.39, 0.29) is 30.2 Å². The first kappa shape index (κ1) is 20.2. The minimum absolute atomic E-state index is 0.0923. The summed E-state index contributed by atoms with van der Waals surface area (Å²) in [7, 11) is 0. The molecule has 154 valence electrons. The number of hydrogen-bond donors (Lipinski definition) is 0. The Morgan fingerprint density at radius 2 is 1.87 bits per heavy atom. The number of carbonyl (C=O) groups excluding carboxylic acids is 2. The smallest absolute Gasteiger partial charge is 0.309 e. The molecule has 3 aromatic rings. The Kier molecular flexibility index (Phi) is 5.90. The molecule has 5 nitrogen and oxygen atoms in total. The van der Waals surface area contributed by atoms with Gasteiger partial charge in [-0.1, -0.05) is 37.3 Å². The van der Waals surface area contributed by atoms with Crippen molar-refractivity contribution in [3.05, 3.63) is 71.4 Å². The summed E-state index contributed by atoms with van der Waals surface area (Å²) < 4.78 is 18.5. The molecule has 2 aromatic carbocycles. The Balaban J connectivity index is 1.53. The van der Waals surface area contributed by atoms with Crippen LogP contribution in [-0.4, -0.2) is 23.5 Å². The highest BCUT2D eigenvalue weighted by Crippen LogP contribution is 2.38. The van der Waals surface area contributed by atoms with Gasteiger partial charge in [0.25, 0.3) is 5.91 Å². The Hall–Kier alpha value is -3.06. The minimum Gasteiger partial charge on any atom is -0.455 e. The highest BCUT2D eigenvalue weighted by Gasteiger charge is 2.40. The molecule has 1 heterocycles. The Morgan fingerprint density at radius 3 is 2.53 bits per heavy atom. The average Bonchev–Trinajstić information content (AvgIpc) is 3.30. The molecule has 2 unspecified atom stereocenters. The fourth-order valence-electron chi connectivity index (χ4n) is 3.14. The van der Waals surface area contributed by atoms with E-state index in [0.29, 0.717) is 23.3 Å². The number of ether oxygens (including phenoxy) is 1. The maximum absolute atomic E-state index is 13.2. The van der Waals surface area contributed by atoms with Crippen molar-refractivity contribution >= 4 is 28.3 Å². The van der Waals surface area contributed by atoms with Crippen molar-refractivity contribution in [2.45, 2.75) is 19.9 Å². The molecular weight excluding hydrogens is 403 g/mol. The molecule has 1 saturated carbocycles. The Morgan fingerprint density at radius 1 is 1.17 bits per heavy atom. The van der Waals surface area contributed by atoms with Crippen molar-refractivity contribution in [2.24, 2.45) is 11.8 Å². The summed E-state index contributed by atoms with van der Waals surface area (Å²) in [6.45, 7) is 1.98. The zero-order valence-electron chi connectivity index (χ0n) is 16.5. The van der Waals surface area contributed by atoms with E-state index in [4.69, 9.17) is 4.74 Å². The van der Waals surface area contributed by atoms with Crippen LogP contribution < -0.4 is 4.90 Å². The van der Waals surface area contributed by atoms with E-state index in [1.807, 2.05) is 42.6 Å². The number of anilines is 1. The first-order valence-corrected chi connectivity index (χ1v) is 10.6. The van der Waals surface area contributed by atoms with E-state index in [0.717, 1.165) is 17.5 Å². The second-order valence-corrected chi connectivity index (χ2v) is 8.25. The molecule has 2 atom stereocenters. The van der Waals surface area contributed by atoms with Crippen LogP contribution in [0.3, 0.4) is 0 Å². The average molecular weight is 424 g/mol. The van der Waals surface area contributed by atoms with Gasteiger partial charge in [0.15, 0.2) is 11.7 Å². The van der Waals surface area contributed by atoms with Crippen LogP contribution in [0.25, 0.3) is 11.3 Å². The summed E-state index contributed by atoms with van der Waals surface area (Å²) in [5, 5.41) is 2.32. The molecule has 30 heavy (non-hydrogen) atoms. The van der Waals surface area contributed by atoms with Crippen molar-refractivity contribution in [2.75, 3.05) is 11.5 Å². The fraction of sp³-hybridized carbons (Fsp3) is 0.261. The molecule has 0 saturated heterocycles. The number of hydrogen-bond acceptors (Lipinski definition) is 5. The minimum atomic E-state index is -0.333. The summed E-state index contributed by atoms with van der Waals surface area (Å²) in [5.74, 6) is -0.736. The lowest BCUT2D eigenvalue weighted by Crippen LogP contribution is -2.34. The molecule has 1 fully saturated rings. The van der Waals surface area contributed by atoms with E-state index in [1.54, 1.807) is 12.1 Å². The second kappa shape index (κ2) is 8.75. The van der Waals surface area contributed by atoms with E-state index in [1.165, 1.54) is 28.4 Å². The first-order chi connectivity index (χ1) is 14.5. The summed E-state index contributed by atoms with van der Waals surface area (Å²) >= 11 is 1.32. The number of amides is 1. The number of carbonyl (C=O) groups is 2. The largest absolute Gasteiger partial charge is 0.455 e. The molecule has 0 aliphatic heterocycles. The Bertz CT molecular complexity index is 1040. The maximum Gasteiger partial charge on any atom is 0.309 e. The van der Waals surface area contributed by atoms with Gasteiger partial charge < -0.3 is 4.74 Å². The number of rotatable bonds is 7. The zero-order chi connectivity index (χ0) is 21.1. The molecule has 0 spiro atoms. The van der Waals surface area contributed by atoms with Crippen LogP contribution in [0, 0.1) is 17.7 Å². The summed E-state index contributed by atoms with van der Waals surface area (Å²) in [4.78, 5) is 31.1. The third kappa shape index (κ3) is 4.74. The van der Waals surface area contributed by atoms with Crippen molar-refractivity contribution in [3.8, 4) is 11.3 Å². The number of nitrogens with zero attached hydrogens (tertiary/aromatic N) is 2. The predicted molar refractivity (Wildman–Crippen MR) is 113 cm³/mol. The maximum atomic E-state index is 13.2. The van der Waals surface area contributed by atoms with Crippen LogP contribution in [0.2, 0.25) is 0 Å². The van der Waals surface area contributed by atoms with Gasteiger partial charge in [0.1, 0.15) is 5.82 Å². The number of aromatic nitrogens is 1. The molecule has 0 bridgehead atoms. The molecule has 7 heteroatoms. The molecule has 1 aliphatic rings. The predicted octanol–water partition coefficient (Wildman–Crippen LogP) is 4.68. The normalized spacial score (nSPS) is 17.4. The zero-order valence-corrected chi connectivity index (χ0v) is 17.3. The Labute approximate surface area is 178 Å². The van der Waals surface area contributed by atoms with Crippen molar-refractivity contribution in [1.82, 2.24) is 4.98 Å². The van der Waals surface area contributed by atoms with Gasteiger partial charge in [-0.05, 0) is 42.2 Å².